The zero-order chi connectivity index (χ0) is 12.5. The fourth-order valence-electron chi connectivity index (χ4n) is 1.80. The number of carbonyl (C=O) groups excluding carboxylic acids is 1. The van der Waals surface area contributed by atoms with E-state index in [-0.39, 0.29) is 5.91 Å². The number of nitrogens with one attached hydrogen (secondary N) is 1. The lowest BCUT2D eigenvalue weighted by atomic mass is 10.1. The number of fused-ring (bicyclic) bond motifs is 1. The molecule has 1 N–H and O–H groups in total. The summed E-state index contributed by atoms with van der Waals surface area (Å²) in [6.45, 7) is 0. The first-order valence-corrected chi connectivity index (χ1v) is 7.50. The van der Waals surface area contributed by atoms with Gasteiger partial charge < -0.3 is 0 Å². The Morgan fingerprint density at radius 1 is 1.39 bits per heavy atom. The maximum atomic E-state index is 11.7. The van der Waals surface area contributed by atoms with Crippen LogP contribution in [0.1, 0.15) is 5.56 Å². The fourth-order valence-corrected chi connectivity index (χ4v) is 3.10. The molecule has 0 fully saturated rings. The third-order valence-corrected chi connectivity index (χ3v) is 4.23. The van der Waals surface area contributed by atoms with Crippen molar-refractivity contribution in [1.82, 2.24) is 5.32 Å². The van der Waals surface area contributed by atoms with E-state index in [4.69, 9.17) is 0 Å². The molecule has 0 saturated heterocycles. The van der Waals surface area contributed by atoms with Crippen molar-refractivity contribution in [3.05, 3.63) is 40.9 Å². The SMILES string of the molecule is CSC1=N/C(=C\c2csc3ccccc23)C(=O)N1. The predicted molar refractivity (Wildman–Crippen MR) is 78.9 cm³/mol. The monoisotopic (exact) mass is 274 g/mol. The molecule has 3 rings (SSSR count). The van der Waals surface area contributed by atoms with Crippen LogP contribution in [0.25, 0.3) is 16.2 Å². The van der Waals surface area contributed by atoms with Crippen LogP contribution in [-0.2, 0) is 4.79 Å². The molecule has 5 heteroatoms. The number of rotatable bonds is 1. The van der Waals surface area contributed by atoms with E-state index in [1.54, 1.807) is 11.3 Å². The molecule has 0 spiro atoms. The lowest BCUT2D eigenvalue weighted by Gasteiger charge is -1.93. The van der Waals surface area contributed by atoms with Crippen molar-refractivity contribution in [1.29, 1.82) is 0 Å². The van der Waals surface area contributed by atoms with Gasteiger partial charge in [0.2, 0.25) is 0 Å². The lowest BCUT2D eigenvalue weighted by molar-refractivity contribution is -0.115. The second-order valence-corrected chi connectivity index (χ2v) is 5.50. The molecule has 0 unspecified atom stereocenters. The van der Waals surface area contributed by atoms with Crippen molar-refractivity contribution >= 4 is 50.3 Å². The number of nitrogens with zero attached hydrogens (tertiary/aromatic N) is 1. The average molecular weight is 274 g/mol. The van der Waals surface area contributed by atoms with E-state index in [9.17, 15) is 4.79 Å². The topological polar surface area (TPSA) is 41.5 Å². The van der Waals surface area contributed by atoms with Crippen LogP contribution in [0.3, 0.4) is 0 Å². The van der Waals surface area contributed by atoms with Gasteiger partial charge in [-0.3, -0.25) is 10.1 Å². The molecule has 0 radical (unpaired) electrons. The van der Waals surface area contributed by atoms with E-state index < -0.39 is 0 Å². The Morgan fingerprint density at radius 3 is 3.00 bits per heavy atom. The number of carbonyl (C=O) groups is 1. The average Bonchev–Trinajstić information content (AvgIpc) is 2.95. The van der Waals surface area contributed by atoms with Crippen LogP contribution in [0.2, 0.25) is 0 Å². The number of benzene rings is 1. The highest BCUT2D eigenvalue weighted by Crippen LogP contribution is 2.28. The van der Waals surface area contributed by atoms with Crippen LogP contribution < -0.4 is 5.32 Å². The summed E-state index contributed by atoms with van der Waals surface area (Å²) in [4.78, 5) is 16.0. The normalized spacial score (nSPS) is 17.3. The van der Waals surface area contributed by atoms with Crippen molar-refractivity contribution in [2.24, 2.45) is 4.99 Å². The van der Waals surface area contributed by atoms with Crippen molar-refractivity contribution in [2.75, 3.05) is 6.26 Å². The zero-order valence-corrected chi connectivity index (χ0v) is 11.3. The van der Waals surface area contributed by atoms with Gasteiger partial charge in [0.25, 0.3) is 5.91 Å². The van der Waals surface area contributed by atoms with E-state index in [2.05, 4.69) is 27.8 Å². The zero-order valence-electron chi connectivity index (χ0n) is 9.64. The van der Waals surface area contributed by atoms with Gasteiger partial charge in [0.1, 0.15) is 5.70 Å². The number of aliphatic imine (C=N–C) groups is 1. The van der Waals surface area contributed by atoms with Crippen molar-refractivity contribution in [2.45, 2.75) is 0 Å². The number of thiophene rings is 1. The fraction of sp³-hybridized carbons (Fsp3) is 0.0769. The molecule has 3 nitrogen and oxygen atoms in total. The summed E-state index contributed by atoms with van der Waals surface area (Å²) < 4.78 is 1.22. The number of thioether (sulfide) groups is 1. The van der Waals surface area contributed by atoms with Crippen LogP contribution in [0, 0.1) is 0 Å². The van der Waals surface area contributed by atoms with Crippen molar-refractivity contribution < 1.29 is 4.79 Å². The minimum absolute atomic E-state index is 0.130. The summed E-state index contributed by atoms with van der Waals surface area (Å²) in [6.07, 6.45) is 3.74. The Kier molecular flexibility index (Phi) is 2.93. The Hall–Kier alpha value is -1.59. The minimum Gasteiger partial charge on any atom is -0.300 e. The first kappa shape index (κ1) is 11.5. The summed E-state index contributed by atoms with van der Waals surface area (Å²) in [5, 5.41) is 6.60. The van der Waals surface area contributed by atoms with Crippen molar-refractivity contribution in [3.63, 3.8) is 0 Å². The summed E-state index contributed by atoms with van der Waals surface area (Å²) in [6, 6.07) is 8.15. The maximum absolute atomic E-state index is 11.7. The standard InChI is InChI=1S/C13H10N2OS2/c1-17-13-14-10(12(16)15-13)6-8-7-18-11-5-3-2-4-9(8)11/h2-7H,1H3,(H,14,15,16)/b10-6-. The molecule has 2 aromatic rings. The summed E-state index contributed by atoms with van der Waals surface area (Å²) in [7, 11) is 0. The van der Waals surface area contributed by atoms with E-state index in [1.807, 2.05) is 24.5 Å². The molecule has 1 aliphatic rings. The van der Waals surface area contributed by atoms with Gasteiger partial charge in [-0.2, -0.15) is 0 Å². The largest absolute Gasteiger partial charge is 0.300 e. The van der Waals surface area contributed by atoms with E-state index in [1.165, 1.54) is 16.5 Å². The van der Waals surface area contributed by atoms with Gasteiger partial charge in [-0.25, -0.2) is 4.99 Å². The Labute approximate surface area is 113 Å². The highest BCUT2D eigenvalue weighted by atomic mass is 32.2. The smallest absolute Gasteiger partial charge is 0.275 e. The summed E-state index contributed by atoms with van der Waals surface area (Å²) in [5.41, 5.74) is 1.52. The third kappa shape index (κ3) is 1.95. The summed E-state index contributed by atoms with van der Waals surface area (Å²) in [5.74, 6) is -0.130. The Morgan fingerprint density at radius 2 is 2.22 bits per heavy atom. The van der Waals surface area contributed by atoms with Crippen LogP contribution in [-0.4, -0.2) is 17.3 Å². The Balaban J connectivity index is 2.06. The molecular weight excluding hydrogens is 264 g/mol. The van der Waals surface area contributed by atoms with Gasteiger partial charge in [-0.05, 0) is 34.7 Å². The molecule has 0 saturated carbocycles. The molecule has 0 bridgehead atoms. The number of amidine groups is 1. The van der Waals surface area contributed by atoms with Crippen LogP contribution in [0.5, 0.6) is 0 Å². The summed E-state index contributed by atoms with van der Waals surface area (Å²) >= 11 is 3.11. The Bertz CT molecular complexity index is 685. The number of amides is 1. The number of hydrogen-bond donors (Lipinski definition) is 1. The second-order valence-electron chi connectivity index (χ2n) is 3.79. The predicted octanol–water partition coefficient (Wildman–Crippen LogP) is 3.09. The molecule has 90 valence electrons. The van der Waals surface area contributed by atoms with Gasteiger partial charge in [0.05, 0.1) is 0 Å². The van der Waals surface area contributed by atoms with Gasteiger partial charge in [-0.1, -0.05) is 30.0 Å². The molecule has 2 heterocycles. The van der Waals surface area contributed by atoms with Crippen molar-refractivity contribution in [3.8, 4) is 0 Å². The highest BCUT2D eigenvalue weighted by molar-refractivity contribution is 8.13. The van der Waals surface area contributed by atoms with Crippen LogP contribution in [0.15, 0.2) is 40.3 Å². The van der Waals surface area contributed by atoms with E-state index in [0.29, 0.717) is 10.9 Å². The number of hydrogen-bond acceptors (Lipinski definition) is 4. The molecule has 1 aliphatic heterocycles. The molecule has 1 aromatic carbocycles. The third-order valence-electron chi connectivity index (χ3n) is 2.67. The highest BCUT2D eigenvalue weighted by Gasteiger charge is 2.19. The molecule has 18 heavy (non-hydrogen) atoms. The van der Waals surface area contributed by atoms with Gasteiger partial charge in [-0.15, -0.1) is 11.3 Å². The van der Waals surface area contributed by atoms with Gasteiger partial charge in [0, 0.05) is 4.70 Å². The van der Waals surface area contributed by atoms with E-state index >= 15 is 0 Å². The molecule has 0 atom stereocenters. The molecule has 0 aliphatic carbocycles. The first-order valence-electron chi connectivity index (χ1n) is 5.40. The molecule has 1 amide bonds. The van der Waals surface area contributed by atoms with E-state index in [0.717, 1.165) is 10.9 Å². The van der Waals surface area contributed by atoms with Gasteiger partial charge >= 0.3 is 0 Å². The molecule has 1 aromatic heterocycles. The quantitative estimate of drug-likeness (QED) is 0.812. The first-order chi connectivity index (χ1) is 8.78. The van der Waals surface area contributed by atoms with Crippen LogP contribution >= 0.6 is 23.1 Å². The minimum atomic E-state index is -0.130. The van der Waals surface area contributed by atoms with Crippen LogP contribution in [0.4, 0.5) is 0 Å². The maximum Gasteiger partial charge on any atom is 0.275 e. The molecular formula is C13H10N2OS2. The van der Waals surface area contributed by atoms with Gasteiger partial charge in [0.15, 0.2) is 5.17 Å². The second kappa shape index (κ2) is 4.59. The lowest BCUT2D eigenvalue weighted by Crippen LogP contribution is -2.21.